The van der Waals surface area contributed by atoms with E-state index < -0.39 is 0 Å². The molecule has 114 valence electrons. The van der Waals surface area contributed by atoms with E-state index in [9.17, 15) is 0 Å². The Morgan fingerprint density at radius 2 is 1.80 bits per heavy atom. The SMILES string of the molecule is Cc1c(Cl)nc(C(C)(C)C)nc1OCCOCC(C)C. The van der Waals surface area contributed by atoms with Crippen LogP contribution in [0.25, 0.3) is 0 Å². The molecular weight excluding hydrogens is 276 g/mol. The molecule has 0 saturated heterocycles. The minimum Gasteiger partial charge on any atom is -0.475 e. The average Bonchev–Trinajstić information content (AvgIpc) is 2.31. The molecule has 0 aliphatic heterocycles. The van der Waals surface area contributed by atoms with Crippen molar-refractivity contribution < 1.29 is 9.47 Å². The van der Waals surface area contributed by atoms with Crippen LogP contribution in [0, 0.1) is 12.8 Å². The summed E-state index contributed by atoms with van der Waals surface area (Å²) in [6.45, 7) is 14.0. The fourth-order valence-electron chi connectivity index (χ4n) is 1.46. The summed E-state index contributed by atoms with van der Waals surface area (Å²) in [5, 5.41) is 0.447. The zero-order valence-electron chi connectivity index (χ0n) is 13.3. The fraction of sp³-hybridized carbons (Fsp3) is 0.733. The number of rotatable bonds is 6. The molecule has 0 saturated carbocycles. The molecule has 1 aromatic rings. The molecule has 1 aromatic heterocycles. The molecule has 0 atom stereocenters. The summed E-state index contributed by atoms with van der Waals surface area (Å²) < 4.78 is 11.2. The standard InChI is InChI=1S/C15H25ClN2O2/c1-10(2)9-19-7-8-20-13-11(3)12(16)17-14(18-13)15(4,5)6/h10H,7-9H2,1-6H3. The van der Waals surface area contributed by atoms with Gasteiger partial charge in [0.1, 0.15) is 17.6 Å². The van der Waals surface area contributed by atoms with Gasteiger partial charge in [-0.2, -0.15) is 4.98 Å². The number of hydrogen-bond acceptors (Lipinski definition) is 4. The van der Waals surface area contributed by atoms with Crippen molar-refractivity contribution in [3.05, 3.63) is 16.5 Å². The Morgan fingerprint density at radius 1 is 1.15 bits per heavy atom. The Balaban J connectivity index is 2.67. The fourth-order valence-corrected chi connectivity index (χ4v) is 1.62. The van der Waals surface area contributed by atoms with E-state index in [-0.39, 0.29) is 5.41 Å². The van der Waals surface area contributed by atoms with Gasteiger partial charge in [-0.3, -0.25) is 0 Å². The van der Waals surface area contributed by atoms with E-state index in [0.29, 0.717) is 36.0 Å². The first kappa shape index (κ1) is 17.2. The number of halogens is 1. The highest BCUT2D eigenvalue weighted by Crippen LogP contribution is 2.27. The van der Waals surface area contributed by atoms with E-state index in [1.165, 1.54) is 0 Å². The van der Waals surface area contributed by atoms with Crippen LogP contribution in [0.1, 0.15) is 46.0 Å². The molecule has 0 aliphatic carbocycles. The molecule has 1 rings (SSSR count). The van der Waals surface area contributed by atoms with Crippen molar-refractivity contribution >= 4 is 11.6 Å². The van der Waals surface area contributed by atoms with Crippen molar-refractivity contribution in [1.29, 1.82) is 0 Å². The van der Waals surface area contributed by atoms with E-state index in [0.717, 1.165) is 12.2 Å². The van der Waals surface area contributed by atoms with Gasteiger partial charge in [0.2, 0.25) is 5.88 Å². The molecule has 1 heterocycles. The molecule has 0 fully saturated rings. The Hall–Kier alpha value is -0.870. The van der Waals surface area contributed by atoms with E-state index >= 15 is 0 Å². The van der Waals surface area contributed by atoms with Crippen molar-refractivity contribution in [2.45, 2.75) is 47.0 Å². The topological polar surface area (TPSA) is 44.2 Å². The molecule has 0 N–H and O–H groups in total. The van der Waals surface area contributed by atoms with Crippen LogP contribution in [0.2, 0.25) is 5.15 Å². The Kier molecular flexibility index (Phi) is 6.21. The molecule has 20 heavy (non-hydrogen) atoms. The lowest BCUT2D eigenvalue weighted by atomic mass is 9.96. The second-order valence-electron chi connectivity index (χ2n) is 6.34. The lowest BCUT2D eigenvalue weighted by molar-refractivity contribution is 0.0802. The molecule has 4 nitrogen and oxygen atoms in total. The normalized spacial score (nSPS) is 12.0. The number of hydrogen-bond donors (Lipinski definition) is 0. The summed E-state index contributed by atoms with van der Waals surface area (Å²) in [5.74, 6) is 1.76. The highest BCUT2D eigenvalue weighted by atomic mass is 35.5. The Morgan fingerprint density at radius 3 is 2.35 bits per heavy atom. The van der Waals surface area contributed by atoms with Crippen LogP contribution in [0.5, 0.6) is 5.88 Å². The average molecular weight is 301 g/mol. The lowest BCUT2D eigenvalue weighted by Gasteiger charge is -2.19. The lowest BCUT2D eigenvalue weighted by Crippen LogP contribution is -2.18. The van der Waals surface area contributed by atoms with Gasteiger partial charge in [0.15, 0.2) is 0 Å². The predicted octanol–water partition coefficient (Wildman–Crippen LogP) is 3.79. The highest BCUT2D eigenvalue weighted by molar-refractivity contribution is 6.30. The van der Waals surface area contributed by atoms with Gasteiger partial charge in [-0.25, -0.2) is 4.98 Å². The maximum Gasteiger partial charge on any atom is 0.221 e. The molecule has 0 bridgehead atoms. The molecule has 0 amide bonds. The van der Waals surface area contributed by atoms with Gasteiger partial charge in [0, 0.05) is 17.6 Å². The van der Waals surface area contributed by atoms with Crippen LogP contribution < -0.4 is 4.74 Å². The maximum absolute atomic E-state index is 6.14. The van der Waals surface area contributed by atoms with Crippen LogP contribution in [-0.2, 0) is 10.2 Å². The zero-order valence-corrected chi connectivity index (χ0v) is 14.0. The molecule has 0 aromatic carbocycles. The summed E-state index contributed by atoms with van der Waals surface area (Å²) in [4.78, 5) is 8.78. The van der Waals surface area contributed by atoms with Crippen molar-refractivity contribution in [3.8, 4) is 5.88 Å². The van der Waals surface area contributed by atoms with Gasteiger partial charge in [-0.1, -0.05) is 46.2 Å². The molecule has 0 unspecified atom stereocenters. The molecule has 0 radical (unpaired) electrons. The van der Waals surface area contributed by atoms with Crippen LogP contribution in [0.15, 0.2) is 0 Å². The second-order valence-corrected chi connectivity index (χ2v) is 6.69. The molecule has 0 spiro atoms. The predicted molar refractivity (Wildman–Crippen MR) is 81.6 cm³/mol. The zero-order chi connectivity index (χ0) is 15.3. The molecule has 5 heteroatoms. The minimum atomic E-state index is -0.163. The van der Waals surface area contributed by atoms with Crippen molar-refractivity contribution in [2.24, 2.45) is 5.92 Å². The van der Waals surface area contributed by atoms with Gasteiger partial charge in [-0.15, -0.1) is 0 Å². The van der Waals surface area contributed by atoms with Crippen molar-refractivity contribution in [3.63, 3.8) is 0 Å². The first-order valence-electron chi connectivity index (χ1n) is 6.97. The van der Waals surface area contributed by atoms with Crippen molar-refractivity contribution in [1.82, 2.24) is 9.97 Å². The first-order chi connectivity index (χ1) is 9.21. The van der Waals surface area contributed by atoms with E-state index in [4.69, 9.17) is 21.1 Å². The van der Waals surface area contributed by atoms with Crippen LogP contribution in [-0.4, -0.2) is 29.8 Å². The minimum absolute atomic E-state index is 0.163. The van der Waals surface area contributed by atoms with E-state index in [1.54, 1.807) is 0 Å². The Labute approximate surface area is 126 Å². The van der Waals surface area contributed by atoms with E-state index in [2.05, 4.69) is 23.8 Å². The number of ether oxygens (including phenoxy) is 2. The Bertz CT molecular complexity index is 442. The van der Waals surface area contributed by atoms with Crippen molar-refractivity contribution in [2.75, 3.05) is 19.8 Å². The first-order valence-corrected chi connectivity index (χ1v) is 7.34. The van der Waals surface area contributed by atoms with Gasteiger partial charge in [-0.05, 0) is 12.8 Å². The third kappa shape index (κ3) is 5.25. The van der Waals surface area contributed by atoms with Gasteiger partial charge >= 0.3 is 0 Å². The molecular formula is C15H25ClN2O2. The van der Waals surface area contributed by atoms with E-state index in [1.807, 2.05) is 27.7 Å². The highest BCUT2D eigenvalue weighted by Gasteiger charge is 2.21. The van der Waals surface area contributed by atoms with Gasteiger partial charge < -0.3 is 9.47 Å². The maximum atomic E-state index is 6.14. The monoisotopic (exact) mass is 300 g/mol. The summed E-state index contributed by atoms with van der Waals surface area (Å²) in [6.07, 6.45) is 0. The quantitative estimate of drug-likeness (QED) is 0.592. The molecule has 0 aliphatic rings. The third-order valence-electron chi connectivity index (χ3n) is 2.63. The number of aromatic nitrogens is 2. The third-order valence-corrected chi connectivity index (χ3v) is 3.00. The van der Waals surface area contributed by atoms with Crippen LogP contribution >= 0.6 is 11.6 Å². The smallest absolute Gasteiger partial charge is 0.221 e. The van der Waals surface area contributed by atoms with Crippen LogP contribution in [0.3, 0.4) is 0 Å². The van der Waals surface area contributed by atoms with Gasteiger partial charge in [0.25, 0.3) is 0 Å². The summed E-state index contributed by atoms with van der Waals surface area (Å²) in [6, 6.07) is 0. The summed E-state index contributed by atoms with van der Waals surface area (Å²) >= 11 is 6.14. The number of nitrogens with zero attached hydrogens (tertiary/aromatic N) is 2. The summed E-state index contributed by atoms with van der Waals surface area (Å²) in [5.41, 5.74) is 0.604. The largest absolute Gasteiger partial charge is 0.475 e. The van der Waals surface area contributed by atoms with Crippen LogP contribution in [0.4, 0.5) is 0 Å². The van der Waals surface area contributed by atoms with Gasteiger partial charge in [0.05, 0.1) is 6.61 Å². The second kappa shape index (κ2) is 7.23. The summed E-state index contributed by atoms with van der Waals surface area (Å²) in [7, 11) is 0.